The molecule has 150 valence electrons. The number of carbonyl (C=O) groups is 1. The SMILES string of the molecule is O=C(Cc1csc(-c2ccccc2)n1)NCc1cccnc1Oc1cccc(F)c1. The van der Waals surface area contributed by atoms with Gasteiger partial charge < -0.3 is 10.1 Å². The van der Waals surface area contributed by atoms with Crippen LogP contribution in [0, 0.1) is 5.82 Å². The molecule has 0 saturated carbocycles. The Kier molecular flexibility index (Phi) is 6.10. The van der Waals surface area contributed by atoms with Crippen molar-refractivity contribution >= 4 is 17.2 Å². The zero-order valence-corrected chi connectivity index (χ0v) is 16.7. The normalized spacial score (nSPS) is 10.6. The van der Waals surface area contributed by atoms with Gasteiger partial charge in [-0.25, -0.2) is 14.4 Å². The average Bonchev–Trinajstić information content (AvgIpc) is 3.22. The Bertz CT molecular complexity index is 1150. The van der Waals surface area contributed by atoms with Gasteiger partial charge in [-0.3, -0.25) is 4.79 Å². The molecule has 4 aromatic rings. The molecule has 0 aliphatic heterocycles. The lowest BCUT2D eigenvalue weighted by Gasteiger charge is -2.10. The summed E-state index contributed by atoms with van der Waals surface area (Å²) in [5, 5.41) is 5.64. The Morgan fingerprint density at radius 1 is 1.07 bits per heavy atom. The second-order valence-corrected chi connectivity index (χ2v) is 7.35. The Hall–Kier alpha value is -3.58. The van der Waals surface area contributed by atoms with E-state index in [-0.39, 0.29) is 18.9 Å². The summed E-state index contributed by atoms with van der Waals surface area (Å²) in [4.78, 5) is 21.1. The van der Waals surface area contributed by atoms with Crippen LogP contribution in [0.25, 0.3) is 10.6 Å². The number of amides is 1. The summed E-state index contributed by atoms with van der Waals surface area (Å²) < 4.78 is 19.1. The van der Waals surface area contributed by atoms with Gasteiger partial charge in [-0.05, 0) is 18.2 Å². The Morgan fingerprint density at radius 2 is 1.93 bits per heavy atom. The molecule has 0 aliphatic rings. The zero-order valence-electron chi connectivity index (χ0n) is 15.9. The maximum atomic E-state index is 13.4. The van der Waals surface area contributed by atoms with Crippen LogP contribution >= 0.6 is 11.3 Å². The van der Waals surface area contributed by atoms with Crippen molar-refractivity contribution in [1.29, 1.82) is 0 Å². The molecule has 30 heavy (non-hydrogen) atoms. The molecule has 0 aliphatic carbocycles. The van der Waals surface area contributed by atoms with E-state index < -0.39 is 5.82 Å². The number of aromatic nitrogens is 2. The monoisotopic (exact) mass is 419 g/mol. The highest BCUT2D eigenvalue weighted by Crippen LogP contribution is 2.24. The topological polar surface area (TPSA) is 64.1 Å². The molecule has 0 spiro atoms. The van der Waals surface area contributed by atoms with E-state index in [0.717, 1.165) is 16.3 Å². The maximum Gasteiger partial charge on any atom is 0.226 e. The van der Waals surface area contributed by atoms with Crippen LogP contribution in [-0.2, 0) is 17.8 Å². The lowest BCUT2D eigenvalue weighted by atomic mass is 10.2. The van der Waals surface area contributed by atoms with Gasteiger partial charge in [-0.2, -0.15) is 0 Å². The number of carbonyl (C=O) groups excluding carboxylic acids is 1. The molecular formula is C23H18FN3O2S. The Morgan fingerprint density at radius 3 is 2.77 bits per heavy atom. The van der Waals surface area contributed by atoms with Crippen LogP contribution in [0.4, 0.5) is 4.39 Å². The van der Waals surface area contributed by atoms with Crippen molar-refractivity contribution in [3.8, 4) is 22.2 Å². The van der Waals surface area contributed by atoms with Gasteiger partial charge in [-0.1, -0.05) is 42.5 Å². The minimum atomic E-state index is -0.392. The van der Waals surface area contributed by atoms with Gasteiger partial charge in [0, 0.05) is 35.3 Å². The highest BCUT2D eigenvalue weighted by molar-refractivity contribution is 7.13. The second-order valence-electron chi connectivity index (χ2n) is 6.49. The average molecular weight is 419 g/mol. The summed E-state index contributed by atoms with van der Waals surface area (Å²) in [6.07, 6.45) is 1.77. The van der Waals surface area contributed by atoms with E-state index in [1.165, 1.54) is 23.5 Å². The summed E-state index contributed by atoms with van der Waals surface area (Å²) >= 11 is 1.51. The molecule has 0 radical (unpaired) electrons. The first-order chi connectivity index (χ1) is 14.7. The third-order valence-electron chi connectivity index (χ3n) is 4.25. The molecule has 1 amide bonds. The lowest BCUT2D eigenvalue weighted by Crippen LogP contribution is -2.25. The van der Waals surface area contributed by atoms with Crippen LogP contribution in [-0.4, -0.2) is 15.9 Å². The quantitative estimate of drug-likeness (QED) is 0.458. The second kappa shape index (κ2) is 9.28. The van der Waals surface area contributed by atoms with Crippen LogP contribution in [0.15, 0.2) is 78.3 Å². The van der Waals surface area contributed by atoms with E-state index in [9.17, 15) is 9.18 Å². The van der Waals surface area contributed by atoms with Gasteiger partial charge in [-0.15, -0.1) is 11.3 Å². The summed E-state index contributed by atoms with van der Waals surface area (Å²) in [6, 6.07) is 19.2. The highest BCUT2D eigenvalue weighted by atomic mass is 32.1. The van der Waals surface area contributed by atoms with Crippen molar-refractivity contribution in [3.05, 3.63) is 95.4 Å². The number of ether oxygens (including phenoxy) is 1. The number of nitrogens with zero attached hydrogens (tertiary/aromatic N) is 2. The fourth-order valence-electron chi connectivity index (χ4n) is 2.81. The first kappa shape index (κ1) is 19.7. The molecule has 1 N–H and O–H groups in total. The van der Waals surface area contributed by atoms with Crippen LogP contribution in [0.3, 0.4) is 0 Å². The van der Waals surface area contributed by atoms with E-state index in [2.05, 4.69) is 15.3 Å². The van der Waals surface area contributed by atoms with E-state index in [1.807, 2.05) is 35.7 Å². The van der Waals surface area contributed by atoms with Crippen molar-refractivity contribution in [2.75, 3.05) is 0 Å². The number of hydrogen-bond donors (Lipinski definition) is 1. The fourth-order valence-corrected chi connectivity index (χ4v) is 3.64. The molecule has 4 rings (SSSR count). The highest BCUT2D eigenvalue weighted by Gasteiger charge is 2.11. The predicted octanol–water partition coefficient (Wildman–Crippen LogP) is 5.00. The van der Waals surface area contributed by atoms with Crippen LogP contribution in [0.5, 0.6) is 11.6 Å². The van der Waals surface area contributed by atoms with Crippen molar-refractivity contribution in [3.63, 3.8) is 0 Å². The van der Waals surface area contributed by atoms with Gasteiger partial charge in [0.1, 0.15) is 16.6 Å². The number of rotatable bonds is 7. The number of pyridine rings is 1. The number of hydrogen-bond acceptors (Lipinski definition) is 5. The molecule has 5 nitrogen and oxygen atoms in total. The largest absolute Gasteiger partial charge is 0.439 e. The summed E-state index contributed by atoms with van der Waals surface area (Å²) in [7, 11) is 0. The third-order valence-corrected chi connectivity index (χ3v) is 5.19. The van der Waals surface area contributed by atoms with Gasteiger partial charge >= 0.3 is 0 Å². The molecular weight excluding hydrogens is 401 g/mol. The molecule has 7 heteroatoms. The first-order valence-corrected chi connectivity index (χ1v) is 10.2. The summed E-state index contributed by atoms with van der Waals surface area (Å²) in [5.41, 5.74) is 2.45. The van der Waals surface area contributed by atoms with Crippen molar-refractivity contribution in [2.45, 2.75) is 13.0 Å². The standard InChI is InChI=1S/C23H18FN3O2S/c24-18-9-4-10-20(12-18)29-22-17(8-5-11-25-22)14-26-21(28)13-19-15-30-23(27-19)16-6-2-1-3-7-16/h1-12,15H,13-14H2,(H,26,28). The minimum absolute atomic E-state index is 0.152. The molecule has 2 aromatic heterocycles. The molecule has 2 heterocycles. The molecule has 0 saturated heterocycles. The first-order valence-electron chi connectivity index (χ1n) is 9.31. The third kappa shape index (κ3) is 5.07. The minimum Gasteiger partial charge on any atom is -0.439 e. The number of thiazole rings is 1. The fraction of sp³-hybridized carbons (Fsp3) is 0.0870. The van der Waals surface area contributed by atoms with Gasteiger partial charge in [0.15, 0.2) is 0 Å². The molecule has 0 bridgehead atoms. The Balaban J connectivity index is 1.37. The molecule has 0 fully saturated rings. The summed E-state index contributed by atoms with van der Waals surface area (Å²) in [6.45, 7) is 0.243. The maximum absolute atomic E-state index is 13.4. The van der Waals surface area contributed by atoms with Crippen molar-refractivity contribution in [2.24, 2.45) is 0 Å². The molecule has 0 unspecified atom stereocenters. The van der Waals surface area contributed by atoms with Crippen LogP contribution in [0.2, 0.25) is 0 Å². The molecule has 2 aromatic carbocycles. The van der Waals surface area contributed by atoms with Gasteiger partial charge in [0.25, 0.3) is 0 Å². The predicted molar refractivity (Wildman–Crippen MR) is 114 cm³/mol. The van der Waals surface area contributed by atoms with Crippen molar-refractivity contribution in [1.82, 2.24) is 15.3 Å². The van der Waals surface area contributed by atoms with E-state index in [0.29, 0.717) is 17.2 Å². The lowest BCUT2D eigenvalue weighted by molar-refractivity contribution is -0.120. The van der Waals surface area contributed by atoms with Crippen molar-refractivity contribution < 1.29 is 13.9 Å². The zero-order chi connectivity index (χ0) is 20.8. The Labute approximate surface area is 177 Å². The van der Waals surface area contributed by atoms with E-state index in [1.54, 1.807) is 30.5 Å². The van der Waals surface area contributed by atoms with E-state index in [4.69, 9.17) is 4.74 Å². The molecule has 0 atom stereocenters. The number of nitrogens with one attached hydrogen (secondary N) is 1. The number of halogens is 1. The van der Waals surface area contributed by atoms with E-state index >= 15 is 0 Å². The van der Waals surface area contributed by atoms with Gasteiger partial charge in [0.05, 0.1) is 12.1 Å². The summed E-state index contributed by atoms with van der Waals surface area (Å²) in [5.74, 6) is 0.123. The van der Waals surface area contributed by atoms with Crippen LogP contribution < -0.4 is 10.1 Å². The smallest absolute Gasteiger partial charge is 0.226 e. The van der Waals surface area contributed by atoms with Crippen LogP contribution in [0.1, 0.15) is 11.3 Å². The number of benzene rings is 2. The van der Waals surface area contributed by atoms with Gasteiger partial charge in [0.2, 0.25) is 11.8 Å².